The third-order valence-corrected chi connectivity index (χ3v) is 4.14. The zero-order valence-corrected chi connectivity index (χ0v) is 14.0. The molecule has 0 unspecified atom stereocenters. The maximum atomic E-state index is 11.7. The minimum Gasteiger partial charge on any atom is -0.311 e. The van der Waals surface area contributed by atoms with E-state index >= 15 is 0 Å². The summed E-state index contributed by atoms with van der Waals surface area (Å²) in [5.41, 5.74) is 1.89. The van der Waals surface area contributed by atoms with Gasteiger partial charge in [0.25, 0.3) is 0 Å². The van der Waals surface area contributed by atoms with Crippen molar-refractivity contribution in [2.45, 2.75) is 27.2 Å². The fourth-order valence-corrected chi connectivity index (χ4v) is 2.87. The van der Waals surface area contributed by atoms with Crippen LogP contribution in [0.15, 0.2) is 29.6 Å². The summed E-state index contributed by atoms with van der Waals surface area (Å²) in [5, 5.41) is 9.24. The molecule has 0 aliphatic heterocycles. The molecule has 118 valence electrons. The number of rotatable bonds is 4. The Kier molecular flexibility index (Phi) is 4.20. The molecule has 0 fully saturated rings. The van der Waals surface area contributed by atoms with Crippen molar-refractivity contribution in [3.63, 3.8) is 0 Å². The number of aromatic nitrogens is 4. The highest BCUT2D eigenvalue weighted by atomic mass is 32.1. The van der Waals surface area contributed by atoms with Gasteiger partial charge in [-0.1, -0.05) is 13.0 Å². The molecule has 6 nitrogen and oxygen atoms in total. The molecule has 0 saturated heterocycles. The summed E-state index contributed by atoms with van der Waals surface area (Å²) < 4.78 is 1.76. The summed E-state index contributed by atoms with van der Waals surface area (Å²) in [7, 11) is 0. The first-order chi connectivity index (χ1) is 11.1. The average molecular weight is 327 g/mol. The van der Waals surface area contributed by atoms with Gasteiger partial charge in [-0.3, -0.25) is 4.79 Å². The number of thiophene rings is 1. The van der Waals surface area contributed by atoms with Crippen LogP contribution in [0.2, 0.25) is 0 Å². The molecule has 0 aromatic carbocycles. The third kappa shape index (κ3) is 3.29. The van der Waals surface area contributed by atoms with Crippen LogP contribution in [-0.2, 0) is 4.79 Å². The second-order valence-corrected chi connectivity index (χ2v) is 6.10. The topological polar surface area (TPSA) is 72.7 Å². The molecule has 7 heteroatoms. The van der Waals surface area contributed by atoms with E-state index in [9.17, 15) is 4.79 Å². The molecule has 0 saturated carbocycles. The van der Waals surface area contributed by atoms with E-state index < -0.39 is 0 Å². The average Bonchev–Trinajstić information content (AvgIpc) is 3.16. The standard InChI is InChI=1S/C16H17N5OS/c1-4-15(22)17-13-9-14(21-11(3)8-10(2)20-21)19-16(18-13)12-6-5-7-23-12/h5-9H,4H2,1-3H3,(H,17,18,19,22). The number of nitrogens with one attached hydrogen (secondary N) is 1. The Morgan fingerprint density at radius 2 is 2.13 bits per heavy atom. The Morgan fingerprint density at radius 3 is 2.74 bits per heavy atom. The number of hydrogen-bond acceptors (Lipinski definition) is 5. The first-order valence-electron chi connectivity index (χ1n) is 7.33. The first kappa shape index (κ1) is 15.4. The van der Waals surface area contributed by atoms with Gasteiger partial charge in [-0.25, -0.2) is 14.6 Å². The van der Waals surface area contributed by atoms with Crippen LogP contribution in [0.4, 0.5) is 5.82 Å². The molecule has 23 heavy (non-hydrogen) atoms. The molecular weight excluding hydrogens is 310 g/mol. The first-order valence-corrected chi connectivity index (χ1v) is 8.21. The van der Waals surface area contributed by atoms with Crippen molar-refractivity contribution < 1.29 is 4.79 Å². The second kappa shape index (κ2) is 6.29. The van der Waals surface area contributed by atoms with Crippen LogP contribution in [0.3, 0.4) is 0 Å². The van der Waals surface area contributed by atoms with Crippen molar-refractivity contribution in [2.24, 2.45) is 0 Å². The molecule has 1 amide bonds. The third-order valence-electron chi connectivity index (χ3n) is 3.27. The lowest BCUT2D eigenvalue weighted by atomic mass is 10.4. The second-order valence-electron chi connectivity index (χ2n) is 5.15. The van der Waals surface area contributed by atoms with Crippen LogP contribution in [-0.4, -0.2) is 25.7 Å². The van der Waals surface area contributed by atoms with Crippen LogP contribution in [0, 0.1) is 13.8 Å². The van der Waals surface area contributed by atoms with Gasteiger partial charge < -0.3 is 5.32 Å². The van der Waals surface area contributed by atoms with E-state index in [2.05, 4.69) is 20.4 Å². The predicted molar refractivity (Wildman–Crippen MR) is 90.9 cm³/mol. The van der Waals surface area contributed by atoms with E-state index in [1.165, 1.54) is 0 Å². The molecule has 0 radical (unpaired) electrons. The molecule has 3 rings (SSSR count). The van der Waals surface area contributed by atoms with Crippen LogP contribution < -0.4 is 5.32 Å². The van der Waals surface area contributed by atoms with Gasteiger partial charge in [-0.05, 0) is 31.4 Å². The SMILES string of the molecule is CCC(=O)Nc1cc(-n2nc(C)cc2C)nc(-c2cccs2)n1. The number of anilines is 1. The Morgan fingerprint density at radius 1 is 1.30 bits per heavy atom. The van der Waals surface area contributed by atoms with Crippen molar-refractivity contribution in [3.8, 4) is 16.5 Å². The van der Waals surface area contributed by atoms with Gasteiger partial charge >= 0.3 is 0 Å². The number of hydrogen-bond donors (Lipinski definition) is 1. The van der Waals surface area contributed by atoms with E-state index in [-0.39, 0.29) is 5.91 Å². The normalized spacial score (nSPS) is 10.7. The van der Waals surface area contributed by atoms with Crippen molar-refractivity contribution in [1.29, 1.82) is 0 Å². The number of amides is 1. The molecule has 1 N–H and O–H groups in total. The molecule has 0 aliphatic carbocycles. The van der Waals surface area contributed by atoms with Gasteiger partial charge in [-0.15, -0.1) is 11.3 Å². The highest BCUT2D eigenvalue weighted by molar-refractivity contribution is 7.13. The molecule has 0 aliphatic rings. The van der Waals surface area contributed by atoms with Crippen LogP contribution in [0.1, 0.15) is 24.7 Å². The predicted octanol–water partition coefficient (Wildman–Crippen LogP) is 3.36. The number of carbonyl (C=O) groups is 1. The van der Waals surface area contributed by atoms with E-state index in [1.807, 2.05) is 37.4 Å². The maximum Gasteiger partial charge on any atom is 0.225 e. The van der Waals surface area contributed by atoms with Gasteiger partial charge in [0.1, 0.15) is 5.82 Å². The zero-order valence-electron chi connectivity index (χ0n) is 13.2. The van der Waals surface area contributed by atoms with Crippen molar-refractivity contribution >= 4 is 23.1 Å². The van der Waals surface area contributed by atoms with E-state index in [4.69, 9.17) is 0 Å². The largest absolute Gasteiger partial charge is 0.311 e. The lowest BCUT2D eigenvalue weighted by molar-refractivity contribution is -0.115. The van der Waals surface area contributed by atoms with Gasteiger partial charge in [0.2, 0.25) is 5.91 Å². The van der Waals surface area contributed by atoms with E-state index in [0.29, 0.717) is 23.9 Å². The summed E-state index contributed by atoms with van der Waals surface area (Å²) in [6, 6.07) is 7.63. The van der Waals surface area contributed by atoms with E-state index in [1.54, 1.807) is 29.0 Å². The Bertz CT molecular complexity index is 838. The molecule has 0 spiro atoms. The zero-order chi connectivity index (χ0) is 16.4. The van der Waals surface area contributed by atoms with Gasteiger partial charge in [0.15, 0.2) is 11.6 Å². The highest BCUT2D eigenvalue weighted by Crippen LogP contribution is 2.24. The maximum absolute atomic E-state index is 11.7. The molecule has 0 atom stereocenters. The number of aryl methyl sites for hydroxylation is 2. The van der Waals surface area contributed by atoms with Crippen molar-refractivity contribution in [1.82, 2.24) is 19.7 Å². The van der Waals surface area contributed by atoms with Crippen LogP contribution >= 0.6 is 11.3 Å². The monoisotopic (exact) mass is 327 g/mol. The Labute approximate surface area is 138 Å². The Hall–Kier alpha value is -2.54. The smallest absolute Gasteiger partial charge is 0.225 e. The fourth-order valence-electron chi connectivity index (χ4n) is 2.22. The minimum atomic E-state index is -0.0832. The summed E-state index contributed by atoms with van der Waals surface area (Å²) in [5.74, 6) is 1.62. The van der Waals surface area contributed by atoms with Gasteiger partial charge in [0, 0.05) is 18.2 Å². The Balaban J connectivity index is 2.11. The summed E-state index contributed by atoms with van der Waals surface area (Å²) in [6.45, 7) is 5.71. The van der Waals surface area contributed by atoms with Crippen LogP contribution in [0.5, 0.6) is 0 Å². The summed E-state index contributed by atoms with van der Waals surface area (Å²) >= 11 is 1.56. The quantitative estimate of drug-likeness (QED) is 0.797. The fraction of sp³-hybridized carbons (Fsp3) is 0.250. The van der Waals surface area contributed by atoms with Crippen LogP contribution in [0.25, 0.3) is 16.5 Å². The number of nitrogens with zero attached hydrogens (tertiary/aromatic N) is 4. The molecule has 0 bridgehead atoms. The molecule has 3 aromatic heterocycles. The minimum absolute atomic E-state index is 0.0832. The number of carbonyl (C=O) groups excluding carboxylic acids is 1. The van der Waals surface area contributed by atoms with Crippen molar-refractivity contribution in [2.75, 3.05) is 5.32 Å². The molecule has 3 aromatic rings. The summed E-state index contributed by atoms with van der Waals surface area (Å²) in [4.78, 5) is 21.7. The molecular formula is C16H17N5OS. The lowest BCUT2D eigenvalue weighted by Crippen LogP contribution is -2.13. The van der Waals surface area contributed by atoms with Gasteiger partial charge in [-0.2, -0.15) is 5.10 Å². The van der Waals surface area contributed by atoms with Crippen molar-refractivity contribution in [3.05, 3.63) is 41.0 Å². The lowest BCUT2D eigenvalue weighted by Gasteiger charge is -2.09. The van der Waals surface area contributed by atoms with Gasteiger partial charge in [0.05, 0.1) is 10.6 Å². The summed E-state index contributed by atoms with van der Waals surface area (Å²) in [6.07, 6.45) is 0.396. The van der Waals surface area contributed by atoms with E-state index in [0.717, 1.165) is 16.3 Å². The molecule has 3 heterocycles. The highest BCUT2D eigenvalue weighted by Gasteiger charge is 2.13.